The van der Waals surface area contributed by atoms with Crippen molar-refractivity contribution in [1.29, 1.82) is 0 Å². The topological polar surface area (TPSA) is 40.5 Å². The average Bonchev–Trinajstić information content (AvgIpc) is 3.39. The fourth-order valence-electron chi connectivity index (χ4n) is 4.16. The van der Waals surface area contributed by atoms with Crippen molar-refractivity contribution < 1.29 is 161 Å². The van der Waals surface area contributed by atoms with Gasteiger partial charge in [-0.15, -0.1) is 18.5 Å². The Hall–Kier alpha value is 5.82. The molecular formula is C22H46Ar4O2P2. The van der Waals surface area contributed by atoms with Gasteiger partial charge in [0.25, 0.3) is 0 Å². The first-order valence-corrected chi connectivity index (χ1v) is 12.6. The van der Waals surface area contributed by atoms with E-state index in [1.54, 1.807) is 0 Å². The Kier molecular flexibility index (Phi) is 39.8. The molecule has 4 aliphatic rings. The van der Waals surface area contributed by atoms with Crippen molar-refractivity contribution in [2.24, 2.45) is 11.8 Å². The standard InChI is InChI=1S/C6H12O.C6H13P.C5H10O.C5H11P.4Ar/c2*1-5-3-2-4-6(5)7;2*6-5-3-1-2-4-5;;;;/h5-7H,2-4H2,1H3;5-6H,2-4,7H2,1H3;5-6H,1-4H2;5H,1-4,6H2;;;;/t5-,6-;;;;;;;/m0......./s1. The molecule has 8 heteroatoms. The first kappa shape index (κ1) is 42.9. The molecule has 4 fully saturated rings. The van der Waals surface area contributed by atoms with Crippen molar-refractivity contribution in [3.8, 4) is 0 Å². The van der Waals surface area contributed by atoms with Gasteiger partial charge in [-0.2, -0.15) is 0 Å². The van der Waals surface area contributed by atoms with Gasteiger partial charge in [-0.25, -0.2) is 0 Å². The Morgan fingerprint density at radius 1 is 0.533 bits per heavy atom. The van der Waals surface area contributed by atoms with Crippen molar-refractivity contribution in [1.82, 2.24) is 0 Å². The van der Waals surface area contributed by atoms with Crippen LogP contribution >= 0.6 is 18.5 Å². The molecule has 2 N–H and O–H groups in total. The monoisotopic (exact) mass is 564 g/mol. The number of rotatable bonds is 0. The van der Waals surface area contributed by atoms with Gasteiger partial charge in [0, 0.05) is 151 Å². The molecule has 0 radical (unpaired) electrons. The van der Waals surface area contributed by atoms with Crippen LogP contribution in [0.1, 0.15) is 104 Å². The van der Waals surface area contributed by atoms with Crippen LogP contribution in [-0.4, -0.2) is 33.7 Å². The van der Waals surface area contributed by atoms with Crippen LogP contribution in [0.25, 0.3) is 0 Å². The van der Waals surface area contributed by atoms with Crippen LogP contribution in [-0.2, 0) is 0 Å². The zero-order valence-electron chi connectivity index (χ0n) is 18.8. The van der Waals surface area contributed by atoms with Crippen LogP contribution in [0.15, 0.2) is 0 Å². The van der Waals surface area contributed by atoms with E-state index in [4.69, 9.17) is 10.2 Å². The van der Waals surface area contributed by atoms with Crippen LogP contribution in [0.2, 0.25) is 0 Å². The second-order valence-corrected chi connectivity index (χ2v) is 10.8. The Bertz CT molecular complexity index is 297. The second-order valence-electron chi connectivity index (χ2n) is 9.03. The van der Waals surface area contributed by atoms with Crippen LogP contribution in [0.3, 0.4) is 0 Å². The predicted molar refractivity (Wildman–Crippen MR) is 122 cm³/mol. The van der Waals surface area contributed by atoms with Crippen LogP contribution in [0.5, 0.6) is 0 Å². The molecule has 2 nitrogen and oxygen atoms in total. The van der Waals surface area contributed by atoms with Crippen molar-refractivity contribution in [2.75, 3.05) is 0 Å². The maximum Gasteiger partial charge on any atom is 0.0565 e. The molecule has 30 heavy (non-hydrogen) atoms. The van der Waals surface area contributed by atoms with Crippen LogP contribution in [0.4, 0.5) is 0 Å². The molecule has 0 bridgehead atoms. The van der Waals surface area contributed by atoms with Gasteiger partial charge in [0.1, 0.15) is 0 Å². The van der Waals surface area contributed by atoms with Gasteiger partial charge in [0.2, 0.25) is 0 Å². The van der Waals surface area contributed by atoms with Gasteiger partial charge in [-0.3, -0.25) is 0 Å². The molecule has 0 saturated heterocycles. The third-order valence-electron chi connectivity index (χ3n) is 6.47. The molecular weight excluding hydrogens is 518 g/mol. The Morgan fingerprint density at radius 2 is 0.967 bits per heavy atom. The van der Waals surface area contributed by atoms with E-state index in [1.807, 2.05) is 0 Å². The van der Waals surface area contributed by atoms with Gasteiger partial charge in [0.05, 0.1) is 12.2 Å². The quantitative estimate of drug-likeness (QED) is 0.358. The summed E-state index contributed by atoms with van der Waals surface area (Å²) >= 11 is 0. The summed E-state index contributed by atoms with van der Waals surface area (Å²) in [5.74, 6) is 1.55. The molecule has 0 heterocycles. The van der Waals surface area contributed by atoms with Gasteiger partial charge < -0.3 is 10.2 Å². The van der Waals surface area contributed by atoms with E-state index in [0.717, 1.165) is 36.5 Å². The van der Waals surface area contributed by atoms with Gasteiger partial charge in [-0.05, 0) is 68.1 Å². The molecule has 0 aromatic rings. The first-order valence-electron chi connectivity index (χ1n) is 11.3. The van der Waals surface area contributed by atoms with Crippen molar-refractivity contribution >= 4 is 18.5 Å². The second kappa shape index (κ2) is 27.8. The Morgan fingerprint density at radius 3 is 1.10 bits per heavy atom. The molecule has 0 aromatic heterocycles. The van der Waals surface area contributed by atoms with E-state index in [9.17, 15) is 0 Å². The van der Waals surface area contributed by atoms with E-state index >= 15 is 0 Å². The molecule has 4 saturated carbocycles. The molecule has 0 aromatic carbocycles. The zero-order valence-corrected chi connectivity index (χ0v) is 24.0. The fraction of sp³-hybridized carbons (Fsp3) is 1.00. The van der Waals surface area contributed by atoms with Gasteiger partial charge in [-0.1, -0.05) is 58.8 Å². The SMILES string of the molecule is CC1CCCC1P.C[C@H]1CCC[C@@H]1O.OC1CCCC1.PC1CCCC1.[Ar].[Ar].[Ar].[Ar]. The molecule has 0 spiro atoms. The number of aliphatic hydroxyl groups is 2. The smallest absolute Gasteiger partial charge is 0.0565 e. The number of hydrogen-bond acceptors (Lipinski definition) is 2. The van der Waals surface area contributed by atoms with E-state index in [2.05, 4.69) is 32.3 Å². The van der Waals surface area contributed by atoms with Crippen LogP contribution < -0.4 is 0 Å². The number of aliphatic hydroxyl groups excluding tert-OH is 2. The van der Waals surface area contributed by atoms with E-state index < -0.39 is 0 Å². The summed E-state index contributed by atoms with van der Waals surface area (Å²) in [6, 6.07) is 0. The normalized spacial score (nSPS) is 29.8. The molecule has 4 aliphatic carbocycles. The van der Waals surface area contributed by atoms with Crippen LogP contribution in [0, 0.1) is 163 Å². The summed E-state index contributed by atoms with van der Waals surface area (Å²) in [6.07, 6.45) is 18.3. The van der Waals surface area contributed by atoms with E-state index in [1.165, 1.54) is 70.6 Å². The summed E-state index contributed by atoms with van der Waals surface area (Å²) in [4.78, 5) is 0. The van der Waals surface area contributed by atoms with Gasteiger partial charge in [0.15, 0.2) is 0 Å². The minimum absolute atomic E-state index is 0. The first-order chi connectivity index (χ1) is 12.4. The Balaban J connectivity index is -0.000000144. The minimum atomic E-state index is 0. The zero-order chi connectivity index (χ0) is 19.4. The molecule has 4 unspecified atom stereocenters. The summed E-state index contributed by atoms with van der Waals surface area (Å²) in [5, 5.41) is 17.7. The maximum atomic E-state index is 9.00. The minimum Gasteiger partial charge on any atom is -0.393 e. The summed E-state index contributed by atoms with van der Waals surface area (Å²) < 4.78 is 0. The molecule has 0 amide bonds. The van der Waals surface area contributed by atoms with Crippen molar-refractivity contribution in [3.05, 3.63) is 0 Å². The summed E-state index contributed by atoms with van der Waals surface area (Å²) in [5.41, 5.74) is 1.89. The molecule has 188 valence electrons. The van der Waals surface area contributed by atoms with Crippen molar-refractivity contribution in [3.63, 3.8) is 0 Å². The Labute approximate surface area is 312 Å². The maximum absolute atomic E-state index is 9.00. The number of hydrogen-bond donors (Lipinski definition) is 2. The van der Waals surface area contributed by atoms with Gasteiger partial charge >= 0.3 is 0 Å². The van der Waals surface area contributed by atoms with E-state index in [0.29, 0.717) is 5.92 Å². The molecule has 6 atom stereocenters. The fourth-order valence-corrected chi connectivity index (χ4v) is 5.06. The largest absolute Gasteiger partial charge is 0.393 e. The van der Waals surface area contributed by atoms with E-state index in [-0.39, 0.29) is 163 Å². The third-order valence-corrected chi connectivity index (χ3v) is 8.13. The summed E-state index contributed by atoms with van der Waals surface area (Å²) in [7, 11) is 5.78. The molecule has 0 aliphatic heterocycles. The van der Waals surface area contributed by atoms with Crippen molar-refractivity contribution in [2.45, 2.75) is 127 Å². The third kappa shape index (κ3) is 23.0. The average molecular weight is 564 g/mol. The predicted octanol–water partition coefficient (Wildman–Crippen LogP) is 5.94. The summed E-state index contributed by atoms with van der Waals surface area (Å²) in [6.45, 7) is 4.45. The molecule has 4 rings (SSSR count).